The van der Waals surface area contributed by atoms with Crippen molar-refractivity contribution in [1.82, 2.24) is 10.6 Å². The fraction of sp³-hybridized carbons (Fsp3) is 0.875. The minimum atomic E-state index is -0.690. The van der Waals surface area contributed by atoms with E-state index in [2.05, 4.69) is 10.6 Å². The van der Waals surface area contributed by atoms with Crippen molar-refractivity contribution >= 4 is 35.1 Å². The summed E-state index contributed by atoms with van der Waals surface area (Å²) >= 11 is 0. The smallest absolute Gasteiger partial charge is 0.303 e. The van der Waals surface area contributed by atoms with Gasteiger partial charge in [0.2, 0.25) is 11.8 Å². The molecule has 0 aromatic carbocycles. The molecule has 12 nitrogen and oxygen atoms in total. The summed E-state index contributed by atoms with van der Waals surface area (Å²) in [5.74, 6) is 0.0649. The van der Waals surface area contributed by atoms with E-state index < -0.39 is 5.97 Å². The molecule has 2 amide bonds. The van der Waals surface area contributed by atoms with Crippen molar-refractivity contribution in [3.63, 3.8) is 0 Å². The van der Waals surface area contributed by atoms with Gasteiger partial charge < -0.3 is 30.0 Å². The summed E-state index contributed by atoms with van der Waals surface area (Å²) < 4.78 is 16.4. The number of nitrogens with one attached hydrogen (secondary N) is 2. The summed E-state index contributed by atoms with van der Waals surface area (Å²) in [4.78, 5) is 70.3. The Kier molecular flexibility index (Phi) is 41.0. The van der Waals surface area contributed by atoms with E-state index in [0.717, 1.165) is 89.9 Å². The van der Waals surface area contributed by atoms with Crippen LogP contribution in [0.15, 0.2) is 0 Å². The molecule has 0 radical (unpaired) electrons. The minimum Gasteiger partial charge on any atom is -0.481 e. The number of ketones is 3. The third-order valence-corrected chi connectivity index (χ3v) is 11.0. The van der Waals surface area contributed by atoms with Gasteiger partial charge in [-0.2, -0.15) is 0 Å². The number of amides is 2. The molecule has 60 heavy (non-hydrogen) atoms. The molecule has 0 bridgehead atoms. The Hall–Kier alpha value is -2.70. The molecule has 0 saturated carbocycles. The van der Waals surface area contributed by atoms with Crippen LogP contribution in [0.3, 0.4) is 0 Å². The van der Waals surface area contributed by atoms with Crippen LogP contribution < -0.4 is 10.6 Å². The van der Waals surface area contributed by atoms with Crippen LogP contribution in [0.1, 0.15) is 207 Å². The first-order valence-electron chi connectivity index (χ1n) is 24.0. The van der Waals surface area contributed by atoms with Crippen molar-refractivity contribution in [3.05, 3.63) is 0 Å². The molecule has 3 N–H and O–H groups in total. The second-order valence-corrected chi connectivity index (χ2v) is 17.1. The van der Waals surface area contributed by atoms with Gasteiger partial charge in [0.05, 0.1) is 19.8 Å². The minimum absolute atomic E-state index is 0.0313. The SMILES string of the molecule is CC(=O)[C@@H](C)CCCCNC(=O)COCCCCCCCCC(=O)COCCOCCNC(=O)CC[C@@H](C)CC(=O)CCCCCCCCCCCCCCCCC(=O)O. The molecule has 12 heteroatoms. The molecule has 2 atom stereocenters. The van der Waals surface area contributed by atoms with E-state index in [1.165, 1.54) is 57.8 Å². The van der Waals surface area contributed by atoms with E-state index in [4.69, 9.17) is 19.3 Å². The first kappa shape index (κ1) is 57.3. The predicted molar refractivity (Wildman–Crippen MR) is 239 cm³/mol. The molecular formula is C48H88N2O10. The topological polar surface area (TPSA) is 174 Å². The Labute approximate surface area is 364 Å². The summed E-state index contributed by atoms with van der Waals surface area (Å²) in [5.41, 5.74) is 0. The molecule has 0 aromatic rings. The molecule has 0 rings (SSSR count). The number of carbonyl (C=O) groups is 6. The van der Waals surface area contributed by atoms with E-state index in [1.54, 1.807) is 6.92 Å². The lowest BCUT2D eigenvalue weighted by Gasteiger charge is -2.11. The van der Waals surface area contributed by atoms with Crippen LogP contribution >= 0.6 is 0 Å². The lowest BCUT2D eigenvalue weighted by molar-refractivity contribution is -0.137. The number of carboxylic acid groups (broad SMARTS) is 1. The number of hydrogen-bond acceptors (Lipinski definition) is 9. The van der Waals surface area contributed by atoms with Crippen LogP contribution in [-0.4, -0.2) is 93.0 Å². The highest BCUT2D eigenvalue weighted by molar-refractivity contribution is 5.80. The molecule has 0 heterocycles. The Balaban J connectivity index is 3.46. The van der Waals surface area contributed by atoms with Crippen molar-refractivity contribution in [2.24, 2.45) is 11.8 Å². The largest absolute Gasteiger partial charge is 0.481 e. The van der Waals surface area contributed by atoms with Gasteiger partial charge >= 0.3 is 5.97 Å². The molecule has 0 saturated heterocycles. The zero-order chi connectivity index (χ0) is 44.3. The zero-order valence-corrected chi connectivity index (χ0v) is 38.4. The van der Waals surface area contributed by atoms with Crippen molar-refractivity contribution in [2.45, 2.75) is 207 Å². The number of Topliss-reactive ketones (excluding diaryl/α,β-unsaturated/α-hetero) is 3. The van der Waals surface area contributed by atoms with Crippen LogP contribution in [-0.2, 0) is 43.0 Å². The Bertz CT molecular complexity index is 1100. The van der Waals surface area contributed by atoms with Gasteiger partial charge in [0, 0.05) is 57.7 Å². The van der Waals surface area contributed by atoms with Gasteiger partial charge in [-0.25, -0.2) is 0 Å². The Morgan fingerprint density at radius 1 is 0.450 bits per heavy atom. The number of unbranched alkanes of at least 4 members (excludes halogenated alkanes) is 19. The molecule has 0 fully saturated rings. The summed E-state index contributed by atoms with van der Waals surface area (Å²) in [6.07, 6.45) is 28.0. The maximum absolute atomic E-state index is 12.4. The standard InChI is InChI=1S/C48H88N2O10/c1-41(38-44(52)27-20-16-12-10-8-6-4-5-7-9-11-13-18-22-29-48(56)57)30-31-46(54)50-33-35-58-36-37-60-39-45(53)28-21-17-14-15-19-25-34-59-40-47(55)49-32-24-23-26-42(2)43(3)51/h41-42H,4-40H2,1-3H3,(H,49,55)(H,50,54)(H,56,57)/t41-,42+/m1/s1. The third kappa shape index (κ3) is 43.4. The second-order valence-electron chi connectivity index (χ2n) is 17.1. The first-order valence-corrected chi connectivity index (χ1v) is 24.0. The highest BCUT2D eigenvalue weighted by atomic mass is 16.5. The molecule has 350 valence electrons. The number of ether oxygens (including phenoxy) is 3. The van der Waals surface area contributed by atoms with Crippen LogP contribution in [0, 0.1) is 11.8 Å². The molecule has 0 unspecified atom stereocenters. The third-order valence-electron chi connectivity index (χ3n) is 11.0. The van der Waals surface area contributed by atoms with Gasteiger partial charge in [-0.1, -0.05) is 123 Å². The fourth-order valence-corrected chi connectivity index (χ4v) is 6.97. The van der Waals surface area contributed by atoms with Crippen LogP contribution in [0.5, 0.6) is 0 Å². The quantitative estimate of drug-likeness (QED) is 0.0500. The van der Waals surface area contributed by atoms with Gasteiger partial charge in [0.25, 0.3) is 0 Å². The molecule has 0 aliphatic heterocycles. The Morgan fingerprint density at radius 2 is 0.933 bits per heavy atom. The molecular weight excluding hydrogens is 765 g/mol. The fourth-order valence-electron chi connectivity index (χ4n) is 6.97. The van der Waals surface area contributed by atoms with Gasteiger partial charge in [-0.3, -0.25) is 28.8 Å². The van der Waals surface area contributed by atoms with E-state index in [9.17, 15) is 28.8 Å². The maximum Gasteiger partial charge on any atom is 0.303 e. The molecule has 0 aromatic heterocycles. The number of carboxylic acids is 1. The molecule has 0 aliphatic rings. The number of hydrogen-bond donors (Lipinski definition) is 3. The maximum atomic E-state index is 12.4. The van der Waals surface area contributed by atoms with Gasteiger partial charge in [0.15, 0.2) is 5.78 Å². The summed E-state index contributed by atoms with van der Waals surface area (Å²) in [7, 11) is 0. The molecule has 0 spiro atoms. The van der Waals surface area contributed by atoms with Crippen molar-refractivity contribution in [2.75, 3.05) is 52.7 Å². The van der Waals surface area contributed by atoms with E-state index in [-0.39, 0.29) is 48.4 Å². The first-order chi connectivity index (χ1) is 29.0. The summed E-state index contributed by atoms with van der Waals surface area (Å²) in [6, 6.07) is 0. The normalized spacial score (nSPS) is 12.2. The van der Waals surface area contributed by atoms with E-state index in [0.29, 0.717) is 83.8 Å². The van der Waals surface area contributed by atoms with Crippen molar-refractivity contribution in [3.8, 4) is 0 Å². The lowest BCUT2D eigenvalue weighted by atomic mass is 9.96. The average molecular weight is 853 g/mol. The highest BCUT2D eigenvalue weighted by Gasteiger charge is 2.12. The van der Waals surface area contributed by atoms with Crippen molar-refractivity contribution in [1.29, 1.82) is 0 Å². The van der Waals surface area contributed by atoms with Gasteiger partial charge in [-0.15, -0.1) is 0 Å². The number of rotatable bonds is 47. The highest BCUT2D eigenvalue weighted by Crippen LogP contribution is 2.16. The van der Waals surface area contributed by atoms with Gasteiger partial charge in [-0.05, 0) is 57.8 Å². The van der Waals surface area contributed by atoms with Crippen LogP contribution in [0.2, 0.25) is 0 Å². The second kappa shape index (κ2) is 43.0. The predicted octanol–water partition coefficient (Wildman–Crippen LogP) is 9.67. The van der Waals surface area contributed by atoms with E-state index >= 15 is 0 Å². The lowest BCUT2D eigenvalue weighted by Crippen LogP contribution is -2.28. The van der Waals surface area contributed by atoms with E-state index in [1.807, 2.05) is 13.8 Å². The number of carbonyl (C=O) groups excluding carboxylic acids is 5. The monoisotopic (exact) mass is 853 g/mol. The average Bonchev–Trinajstić information content (AvgIpc) is 3.21. The summed E-state index contributed by atoms with van der Waals surface area (Å²) in [5, 5.41) is 14.4. The van der Waals surface area contributed by atoms with Gasteiger partial charge in [0.1, 0.15) is 24.8 Å². The Morgan fingerprint density at radius 3 is 1.50 bits per heavy atom. The van der Waals surface area contributed by atoms with Crippen molar-refractivity contribution < 1.29 is 48.1 Å². The van der Waals surface area contributed by atoms with Crippen LogP contribution in [0.25, 0.3) is 0 Å². The van der Waals surface area contributed by atoms with Crippen LogP contribution in [0.4, 0.5) is 0 Å². The zero-order valence-electron chi connectivity index (χ0n) is 38.4. The summed E-state index contributed by atoms with van der Waals surface area (Å²) in [6.45, 7) is 8.43. The molecule has 0 aliphatic carbocycles. The number of aliphatic carboxylic acids is 1.